The predicted octanol–water partition coefficient (Wildman–Crippen LogP) is 20.6. The first-order valence-corrected chi connectivity index (χ1v) is 29.7. The molecule has 12 rings (SSSR count). The molecule has 10 aromatic rings. The van der Waals surface area contributed by atoms with Crippen molar-refractivity contribution in [1.82, 2.24) is 20.4 Å². The van der Waals surface area contributed by atoms with Crippen LogP contribution in [0.5, 0.6) is 40.2 Å². The molecule has 4 atom stereocenters. The summed E-state index contributed by atoms with van der Waals surface area (Å²) in [5, 5.41) is 16.5. The van der Waals surface area contributed by atoms with Gasteiger partial charge in [-0.2, -0.15) is 52.7 Å². The van der Waals surface area contributed by atoms with Crippen LogP contribution in [-0.4, -0.2) is 64.4 Å². The van der Waals surface area contributed by atoms with Crippen LogP contribution in [-0.2, 0) is 20.3 Å². The van der Waals surface area contributed by atoms with E-state index in [2.05, 4.69) is 20.4 Å². The lowest BCUT2D eigenvalue weighted by Crippen LogP contribution is -2.54. The normalized spacial score (nSPS) is 16.9. The number of hydrogen-bond donors (Lipinski definition) is 0. The van der Waals surface area contributed by atoms with E-state index in [-0.39, 0.29) is 86.1 Å². The predicted molar refractivity (Wildman–Crippen MR) is 329 cm³/mol. The second kappa shape index (κ2) is 25.2. The maximum atomic E-state index is 15.9. The van der Waals surface area contributed by atoms with E-state index in [0.29, 0.717) is 22.3 Å². The van der Waals surface area contributed by atoms with Crippen molar-refractivity contribution in [2.75, 3.05) is 7.11 Å². The fourth-order valence-corrected chi connectivity index (χ4v) is 11.6. The second-order valence-electron chi connectivity index (χ2n) is 22.8. The lowest BCUT2D eigenvalue weighted by atomic mass is 9.71. The zero-order chi connectivity index (χ0) is 68.3. The SMILES string of the molecule is C/C=C/c1cc(C(c2ccc(Oc3ccc(-c4nnc(-c5ccc(Oc6ccc(C(c7ccc(Oc8ccc(-c9nnc(-c%10ccc(C)cc%10)o9)cc8)c(C8OC8C)c7)(C(F)(F)F)C(F)(F)F)cc6C6OC6C)cc5)o4)cc3)c(/C=C/C)c2)(C(F)(F)F)C(F)(F)F)ccc1OC. The van der Waals surface area contributed by atoms with E-state index in [4.69, 9.17) is 37.3 Å². The van der Waals surface area contributed by atoms with Gasteiger partial charge >= 0.3 is 24.7 Å². The highest BCUT2D eigenvalue weighted by Gasteiger charge is 2.74. The Balaban J connectivity index is 0.768. The van der Waals surface area contributed by atoms with Crippen molar-refractivity contribution in [2.24, 2.45) is 0 Å². The van der Waals surface area contributed by atoms with Gasteiger partial charge in [0, 0.05) is 44.5 Å². The van der Waals surface area contributed by atoms with Crippen LogP contribution >= 0.6 is 0 Å². The van der Waals surface area contributed by atoms with Crippen molar-refractivity contribution in [3.8, 4) is 86.1 Å². The van der Waals surface area contributed by atoms with Gasteiger partial charge in [0.15, 0.2) is 0 Å². The number of nitrogens with zero attached hydrogens (tertiary/aromatic N) is 4. The molecule has 24 heteroatoms. The number of methoxy groups -OCH3 is 1. The molecular formula is C72H54F12N4O8. The van der Waals surface area contributed by atoms with E-state index in [1.54, 1.807) is 45.0 Å². The smallest absolute Gasteiger partial charge is 0.411 e. The molecule has 2 aliphatic heterocycles. The molecule has 96 heavy (non-hydrogen) atoms. The maximum Gasteiger partial charge on any atom is 0.411 e. The van der Waals surface area contributed by atoms with Crippen molar-refractivity contribution in [2.45, 2.75) is 94.6 Å². The van der Waals surface area contributed by atoms with Crippen LogP contribution in [0.15, 0.2) is 191 Å². The summed E-state index contributed by atoms with van der Waals surface area (Å²) in [6.45, 7) is 8.26. The van der Waals surface area contributed by atoms with E-state index >= 15 is 52.7 Å². The quantitative estimate of drug-likeness (QED) is 0.0562. The topological polar surface area (TPSA) is 140 Å². The third kappa shape index (κ3) is 12.3. The van der Waals surface area contributed by atoms with Crippen molar-refractivity contribution >= 4 is 12.2 Å². The average Bonchev–Trinajstić information content (AvgIpc) is 0.981. The molecule has 4 heterocycles. The lowest BCUT2D eigenvalue weighted by molar-refractivity contribution is -0.290. The van der Waals surface area contributed by atoms with Gasteiger partial charge in [0.2, 0.25) is 34.4 Å². The largest absolute Gasteiger partial charge is 0.496 e. The summed E-state index contributed by atoms with van der Waals surface area (Å²) in [4.78, 5) is 0. The van der Waals surface area contributed by atoms with Gasteiger partial charge < -0.3 is 37.3 Å². The molecule has 2 aromatic heterocycles. The van der Waals surface area contributed by atoms with Gasteiger partial charge in [-0.1, -0.05) is 66.3 Å². The minimum Gasteiger partial charge on any atom is -0.496 e. The van der Waals surface area contributed by atoms with Crippen LogP contribution in [0, 0.1) is 6.92 Å². The number of rotatable bonds is 19. The van der Waals surface area contributed by atoms with Crippen molar-refractivity contribution in [3.63, 3.8) is 0 Å². The second-order valence-corrected chi connectivity index (χ2v) is 22.8. The summed E-state index contributed by atoms with van der Waals surface area (Å²) in [5.74, 6) is 0.859. The molecule has 0 spiro atoms. The first kappa shape index (κ1) is 65.8. The molecule has 4 unspecified atom stereocenters. The molecule has 0 bridgehead atoms. The molecule has 2 saturated heterocycles. The molecule has 0 radical (unpaired) electrons. The van der Waals surface area contributed by atoms with Gasteiger partial charge in [-0.15, -0.1) is 20.4 Å². The Labute approximate surface area is 540 Å². The average molecular weight is 1330 g/mol. The van der Waals surface area contributed by atoms with Crippen LogP contribution in [0.4, 0.5) is 52.7 Å². The molecule has 0 amide bonds. The van der Waals surface area contributed by atoms with Crippen molar-refractivity contribution < 1.29 is 89.9 Å². The highest BCUT2D eigenvalue weighted by atomic mass is 19.4. The molecule has 2 fully saturated rings. The zero-order valence-corrected chi connectivity index (χ0v) is 51.4. The summed E-state index contributed by atoms with van der Waals surface area (Å²) in [6, 6.07) is 36.1. The first-order valence-electron chi connectivity index (χ1n) is 29.7. The van der Waals surface area contributed by atoms with Crippen LogP contribution in [0.25, 0.3) is 58.0 Å². The summed E-state index contributed by atoms with van der Waals surface area (Å²) in [5.41, 5.74) is -10.7. The fraction of sp³-hybridized carbons (Fsp3) is 0.222. The molecular weight excluding hydrogens is 1280 g/mol. The molecule has 2 aliphatic rings. The highest BCUT2D eigenvalue weighted by molar-refractivity contribution is 5.66. The number of ether oxygens (including phenoxy) is 6. The lowest BCUT2D eigenvalue weighted by Gasteiger charge is -2.39. The summed E-state index contributed by atoms with van der Waals surface area (Å²) >= 11 is 0. The van der Waals surface area contributed by atoms with Gasteiger partial charge in [0.05, 0.1) is 19.3 Å². The van der Waals surface area contributed by atoms with Gasteiger partial charge in [-0.25, -0.2) is 0 Å². The van der Waals surface area contributed by atoms with Crippen LogP contribution in [0.1, 0.15) is 90.0 Å². The van der Waals surface area contributed by atoms with Crippen molar-refractivity contribution in [3.05, 3.63) is 232 Å². The third-order valence-electron chi connectivity index (χ3n) is 16.6. The number of aryl methyl sites for hydroxylation is 1. The van der Waals surface area contributed by atoms with Crippen LogP contribution < -0.4 is 18.9 Å². The Morgan fingerprint density at radius 3 is 0.958 bits per heavy atom. The maximum absolute atomic E-state index is 15.9. The summed E-state index contributed by atoms with van der Waals surface area (Å²) in [6.07, 6.45) is -21.1. The van der Waals surface area contributed by atoms with Gasteiger partial charge in [-0.05, 0) is 190 Å². The molecule has 0 aliphatic carbocycles. The Kier molecular flexibility index (Phi) is 17.3. The molecule has 12 nitrogen and oxygen atoms in total. The van der Waals surface area contributed by atoms with E-state index in [0.717, 1.165) is 78.4 Å². The van der Waals surface area contributed by atoms with Gasteiger partial charge in [-0.3, -0.25) is 0 Å². The number of halogens is 12. The Morgan fingerprint density at radius 2 is 0.656 bits per heavy atom. The molecule has 0 saturated carbocycles. The number of alkyl halides is 12. The van der Waals surface area contributed by atoms with E-state index in [9.17, 15) is 0 Å². The fourth-order valence-electron chi connectivity index (χ4n) is 11.6. The summed E-state index contributed by atoms with van der Waals surface area (Å²) in [7, 11) is 1.25. The van der Waals surface area contributed by atoms with Gasteiger partial charge in [0.25, 0.3) is 0 Å². The number of hydrogen-bond acceptors (Lipinski definition) is 12. The number of allylic oxidation sites excluding steroid dienone is 2. The minimum absolute atomic E-state index is 0.00455. The van der Waals surface area contributed by atoms with E-state index in [1.807, 2.05) is 31.2 Å². The first-order chi connectivity index (χ1) is 45.6. The molecule has 0 N–H and O–H groups in total. The summed E-state index contributed by atoms with van der Waals surface area (Å²) < 4.78 is 234. The number of benzene rings is 8. The highest BCUT2D eigenvalue weighted by Crippen LogP contribution is 2.60. The van der Waals surface area contributed by atoms with Crippen LogP contribution in [0.2, 0.25) is 0 Å². The standard InChI is InChI=1S/C72H54F12N4O8/c1-7-9-46-35-48(21-31-57(46)89-6)67(69(73,74)75,70(76,77)78)49-22-32-58(47(36-49)10-8-2)92-52-25-15-43(16-26-52)65-87-88-66(96-65)45-19-29-54(30-20-45)94-60-34-24-51(38-56(60)62-41(5)91-62)68(71(79,80)81,72(82,83)84)50-23-33-59(55(37-50)61-40(4)90-61)93-53-27-17-44(18-28-53)64-86-85-63(95-64)42-13-11-39(3)12-14-42/h7-38,40-41,61-62H,1-6H3/b9-7+,10-8+. The Hall–Kier alpha value is -10.2. The van der Waals surface area contributed by atoms with Gasteiger partial charge in [0.1, 0.15) is 52.5 Å². The Bertz CT molecular complexity index is 4510. The van der Waals surface area contributed by atoms with E-state index < -0.39 is 82.2 Å². The van der Waals surface area contributed by atoms with Crippen molar-refractivity contribution in [1.29, 1.82) is 0 Å². The Morgan fingerprint density at radius 1 is 0.375 bits per heavy atom. The molecule has 494 valence electrons. The minimum atomic E-state index is -5.97. The number of aromatic nitrogens is 4. The zero-order valence-electron chi connectivity index (χ0n) is 51.4. The van der Waals surface area contributed by atoms with E-state index in [1.165, 1.54) is 86.9 Å². The number of epoxide rings is 2. The monoisotopic (exact) mass is 1330 g/mol. The molecule has 8 aromatic carbocycles. The van der Waals surface area contributed by atoms with Crippen LogP contribution in [0.3, 0.4) is 0 Å². The third-order valence-corrected chi connectivity index (χ3v) is 16.6.